The summed E-state index contributed by atoms with van der Waals surface area (Å²) in [6.07, 6.45) is 5.99. The second-order valence-corrected chi connectivity index (χ2v) is 6.39. The Hall–Kier alpha value is -2.61. The Kier molecular flexibility index (Phi) is 3.45. The maximum Gasteiger partial charge on any atom is 0.265 e. The van der Waals surface area contributed by atoms with Gasteiger partial charge < -0.3 is 4.57 Å². The number of rotatable bonds is 4. The third-order valence-corrected chi connectivity index (χ3v) is 4.41. The highest BCUT2D eigenvalue weighted by Gasteiger charge is 2.17. The average molecular weight is 320 g/mol. The molecule has 0 aliphatic rings. The number of aromatic nitrogens is 3. The molecule has 0 fully saturated rings. The largest absolute Gasteiger partial charge is 0.321 e. The molecule has 0 amide bonds. The summed E-state index contributed by atoms with van der Waals surface area (Å²) in [6, 6.07) is 7.54. The summed E-state index contributed by atoms with van der Waals surface area (Å²) in [5.74, 6) is -0.444. The first-order valence-corrected chi connectivity index (χ1v) is 7.88. The summed E-state index contributed by atoms with van der Waals surface area (Å²) in [6.45, 7) is 0. The monoisotopic (exact) mass is 320 g/mol. The van der Waals surface area contributed by atoms with Gasteiger partial charge in [-0.05, 0) is 30.3 Å². The highest BCUT2D eigenvalue weighted by atomic mass is 32.2. The van der Waals surface area contributed by atoms with Crippen molar-refractivity contribution in [1.82, 2.24) is 14.3 Å². The van der Waals surface area contributed by atoms with Crippen molar-refractivity contribution in [3.63, 3.8) is 0 Å². The van der Waals surface area contributed by atoms with E-state index < -0.39 is 15.8 Å². The van der Waals surface area contributed by atoms with E-state index in [2.05, 4.69) is 9.82 Å². The van der Waals surface area contributed by atoms with E-state index in [9.17, 15) is 12.8 Å². The van der Waals surface area contributed by atoms with Crippen LogP contribution in [0.5, 0.6) is 0 Å². The molecular weight excluding hydrogens is 307 g/mol. The van der Waals surface area contributed by atoms with Crippen molar-refractivity contribution in [2.75, 3.05) is 4.72 Å². The number of nitrogens with one attached hydrogen (secondary N) is 1. The number of hydrogen-bond donors (Lipinski definition) is 1. The Morgan fingerprint density at radius 1 is 1.23 bits per heavy atom. The zero-order valence-electron chi connectivity index (χ0n) is 11.6. The van der Waals surface area contributed by atoms with E-state index in [4.69, 9.17) is 0 Å². The van der Waals surface area contributed by atoms with Crippen molar-refractivity contribution < 1.29 is 12.8 Å². The van der Waals surface area contributed by atoms with Crippen LogP contribution < -0.4 is 4.72 Å². The van der Waals surface area contributed by atoms with Crippen molar-refractivity contribution in [2.45, 2.75) is 4.90 Å². The lowest BCUT2D eigenvalue weighted by Gasteiger charge is -2.10. The van der Waals surface area contributed by atoms with Gasteiger partial charge in [-0.25, -0.2) is 12.8 Å². The van der Waals surface area contributed by atoms with Crippen LogP contribution in [0.4, 0.5) is 10.1 Å². The minimum atomic E-state index is -3.76. The molecule has 0 spiro atoms. The van der Waals surface area contributed by atoms with Crippen molar-refractivity contribution in [3.05, 3.63) is 60.9 Å². The molecule has 8 heteroatoms. The molecule has 1 N–H and O–H groups in total. The quantitative estimate of drug-likeness (QED) is 0.801. The van der Waals surface area contributed by atoms with Gasteiger partial charge in [-0.2, -0.15) is 5.10 Å². The fraction of sp³-hybridized carbons (Fsp3) is 0.0714. The molecule has 6 nitrogen and oxygen atoms in total. The van der Waals surface area contributed by atoms with Crippen LogP contribution in [0.2, 0.25) is 0 Å². The van der Waals surface area contributed by atoms with Gasteiger partial charge in [0.25, 0.3) is 10.0 Å². The number of sulfonamides is 1. The maximum atomic E-state index is 13.9. The summed E-state index contributed by atoms with van der Waals surface area (Å²) in [7, 11) is -2.13. The Labute approximate surface area is 126 Å². The van der Waals surface area contributed by atoms with Crippen LogP contribution in [0, 0.1) is 5.82 Å². The SMILES string of the molecule is Cn1cc(S(=O)(=O)Nc2ccc(F)c(-n3cccc3)c2)cn1. The Morgan fingerprint density at radius 2 is 1.95 bits per heavy atom. The number of aryl methyl sites for hydroxylation is 1. The zero-order valence-corrected chi connectivity index (χ0v) is 12.5. The number of anilines is 1. The van der Waals surface area contributed by atoms with Crippen LogP contribution in [0.1, 0.15) is 0 Å². The fourth-order valence-corrected chi connectivity index (χ4v) is 3.05. The second-order valence-electron chi connectivity index (χ2n) is 4.71. The van der Waals surface area contributed by atoms with Crippen LogP contribution in [0.15, 0.2) is 60.0 Å². The van der Waals surface area contributed by atoms with Crippen LogP contribution >= 0.6 is 0 Å². The normalized spacial score (nSPS) is 11.5. The molecule has 0 aliphatic carbocycles. The molecule has 0 unspecified atom stereocenters. The van der Waals surface area contributed by atoms with Crippen molar-refractivity contribution in [2.24, 2.45) is 7.05 Å². The molecule has 0 saturated carbocycles. The number of nitrogens with zero attached hydrogens (tertiary/aromatic N) is 3. The van der Waals surface area contributed by atoms with E-state index in [-0.39, 0.29) is 16.3 Å². The van der Waals surface area contributed by atoms with E-state index in [0.29, 0.717) is 0 Å². The van der Waals surface area contributed by atoms with E-state index in [0.717, 1.165) is 0 Å². The molecule has 0 atom stereocenters. The highest BCUT2D eigenvalue weighted by Crippen LogP contribution is 2.21. The Morgan fingerprint density at radius 3 is 2.59 bits per heavy atom. The van der Waals surface area contributed by atoms with Crippen LogP contribution in [-0.4, -0.2) is 22.8 Å². The molecule has 2 heterocycles. The number of benzene rings is 1. The van der Waals surface area contributed by atoms with Crippen molar-refractivity contribution >= 4 is 15.7 Å². The predicted molar refractivity (Wildman–Crippen MR) is 79.7 cm³/mol. The summed E-state index contributed by atoms with van der Waals surface area (Å²) in [5, 5.41) is 3.83. The lowest BCUT2D eigenvalue weighted by Crippen LogP contribution is -2.12. The molecule has 0 radical (unpaired) electrons. The van der Waals surface area contributed by atoms with Crippen LogP contribution in [0.3, 0.4) is 0 Å². The fourth-order valence-electron chi connectivity index (χ4n) is 2.02. The first kappa shape index (κ1) is 14.3. The van der Waals surface area contributed by atoms with Gasteiger partial charge in [0.2, 0.25) is 0 Å². The van der Waals surface area contributed by atoms with E-state index in [1.807, 2.05) is 0 Å². The second kappa shape index (κ2) is 5.30. The first-order chi connectivity index (χ1) is 10.5. The molecule has 1 aromatic carbocycles. The summed E-state index contributed by atoms with van der Waals surface area (Å²) < 4.78 is 43.7. The molecule has 2 aromatic heterocycles. The van der Waals surface area contributed by atoms with Gasteiger partial charge in [0.15, 0.2) is 0 Å². The molecule has 0 bridgehead atoms. The topological polar surface area (TPSA) is 68.9 Å². The number of hydrogen-bond acceptors (Lipinski definition) is 3. The van der Waals surface area contributed by atoms with E-state index >= 15 is 0 Å². The minimum absolute atomic E-state index is 0.0434. The van der Waals surface area contributed by atoms with Gasteiger partial charge in [0.05, 0.1) is 17.6 Å². The third kappa shape index (κ3) is 2.73. The van der Waals surface area contributed by atoms with Crippen molar-refractivity contribution in [1.29, 1.82) is 0 Å². The molecule has 3 aromatic rings. The predicted octanol–water partition coefficient (Wildman–Crippen LogP) is 2.15. The molecule has 0 saturated heterocycles. The number of halogens is 1. The van der Waals surface area contributed by atoms with E-state index in [1.165, 1.54) is 35.3 Å². The average Bonchev–Trinajstić information content (AvgIpc) is 3.12. The standard InChI is InChI=1S/C14H13FN4O2S/c1-18-10-12(9-16-18)22(20,21)17-11-4-5-13(15)14(8-11)19-6-2-3-7-19/h2-10,17H,1H3. The molecular formula is C14H13FN4O2S. The van der Waals surface area contributed by atoms with Gasteiger partial charge in [-0.15, -0.1) is 0 Å². The Balaban J connectivity index is 1.95. The minimum Gasteiger partial charge on any atom is -0.321 e. The van der Waals surface area contributed by atoms with Gasteiger partial charge in [0, 0.05) is 25.6 Å². The van der Waals surface area contributed by atoms with Gasteiger partial charge in [0.1, 0.15) is 10.7 Å². The molecule has 114 valence electrons. The lowest BCUT2D eigenvalue weighted by atomic mass is 10.2. The third-order valence-electron chi connectivity index (χ3n) is 3.07. The van der Waals surface area contributed by atoms with Gasteiger partial charge in [-0.1, -0.05) is 0 Å². The van der Waals surface area contributed by atoms with Gasteiger partial charge in [-0.3, -0.25) is 9.40 Å². The summed E-state index contributed by atoms with van der Waals surface area (Å²) in [5.41, 5.74) is 0.533. The molecule has 3 rings (SSSR count). The van der Waals surface area contributed by atoms with E-state index in [1.54, 1.807) is 36.1 Å². The summed E-state index contributed by atoms with van der Waals surface area (Å²) >= 11 is 0. The lowest BCUT2D eigenvalue weighted by molar-refractivity contribution is 0.600. The Bertz CT molecular complexity index is 901. The van der Waals surface area contributed by atoms with Crippen LogP contribution in [0.25, 0.3) is 5.69 Å². The first-order valence-electron chi connectivity index (χ1n) is 6.40. The maximum absolute atomic E-state index is 13.9. The molecule has 22 heavy (non-hydrogen) atoms. The highest BCUT2D eigenvalue weighted by molar-refractivity contribution is 7.92. The molecule has 0 aliphatic heterocycles. The summed E-state index contributed by atoms with van der Waals surface area (Å²) in [4.78, 5) is 0.0434. The van der Waals surface area contributed by atoms with Gasteiger partial charge >= 0.3 is 0 Å². The smallest absolute Gasteiger partial charge is 0.265 e. The van der Waals surface area contributed by atoms with Crippen LogP contribution in [-0.2, 0) is 17.1 Å². The zero-order chi connectivity index (χ0) is 15.7. The van der Waals surface area contributed by atoms with Crippen molar-refractivity contribution in [3.8, 4) is 5.69 Å².